The Morgan fingerprint density at radius 1 is 1.50 bits per heavy atom. The summed E-state index contributed by atoms with van der Waals surface area (Å²) in [6.45, 7) is 3.36. The largest absolute Gasteiger partial charge is 0.321 e. The van der Waals surface area contributed by atoms with Gasteiger partial charge < -0.3 is 5.32 Å². The van der Waals surface area contributed by atoms with Crippen LogP contribution < -0.4 is 5.32 Å². The number of halogens is 1. The minimum Gasteiger partial charge on any atom is -0.321 e. The van der Waals surface area contributed by atoms with E-state index < -0.39 is 0 Å². The van der Waals surface area contributed by atoms with Crippen LogP contribution in [0.4, 0.5) is 5.69 Å². The minimum atomic E-state index is -0.207. The molecule has 0 fully saturated rings. The third kappa shape index (κ3) is 2.20. The Bertz CT molecular complexity index is 309. The average molecular weight is 226 g/mol. The van der Waals surface area contributed by atoms with E-state index >= 15 is 0 Å². The lowest BCUT2D eigenvalue weighted by Crippen LogP contribution is -2.07. The van der Waals surface area contributed by atoms with Gasteiger partial charge in [0.1, 0.15) is 0 Å². The number of carbonyl (C=O) groups is 1. The van der Waals surface area contributed by atoms with E-state index in [0.29, 0.717) is 0 Å². The van der Waals surface area contributed by atoms with Crippen LogP contribution in [0, 0.1) is 0 Å². The smallest absolute Gasteiger partial charge is 0.247 e. The van der Waals surface area contributed by atoms with Crippen molar-refractivity contribution in [2.75, 3.05) is 5.32 Å². The lowest BCUT2D eigenvalue weighted by molar-refractivity contribution is -0.111. The van der Waals surface area contributed by atoms with Gasteiger partial charge in [0.2, 0.25) is 5.91 Å². The molecule has 1 aromatic carbocycles. The van der Waals surface area contributed by atoms with Gasteiger partial charge in [-0.2, -0.15) is 0 Å². The van der Waals surface area contributed by atoms with Crippen molar-refractivity contribution >= 4 is 27.5 Å². The number of rotatable bonds is 2. The van der Waals surface area contributed by atoms with Gasteiger partial charge in [0.15, 0.2) is 0 Å². The van der Waals surface area contributed by atoms with E-state index in [9.17, 15) is 4.79 Å². The highest BCUT2D eigenvalue weighted by Gasteiger charge is 1.99. The quantitative estimate of drug-likeness (QED) is 0.771. The number of benzene rings is 1. The molecule has 0 aliphatic carbocycles. The maximum atomic E-state index is 10.9. The molecule has 0 unspecified atom stereocenters. The summed E-state index contributed by atoms with van der Waals surface area (Å²) in [7, 11) is 0. The van der Waals surface area contributed by atoms with Crippen molar-refractivity contribution in [1.29, 1.82) is 0 Å². The second kappa shape index (κ2) is 4.07. The molecular formula is C9H8BrNO. The van der Waals surface area contributed by atoms with E-state index in [2.05, 4.69) is 27.8 Å². The van der Waals surface area contributed by atoms with E-state index in [4.69, 9.17) is 0 Å². The highest BCUT2D eigenvalue weighted by atomic mass is 79.9. The Labute approximate surface area is 79.4 Å². The minimum absolute atomic E-state index is 0.207. The molecule has 0 spiro atoms. The maximum absolute atomic E-state index is 10.9. The summed E-state index contributed by atoms with van der Waals surface area (Å²) in [6, 6.07) is 7.40. The zero-order valence-corrected chi connectivity index (χ0v) is 7.97. The second-order valence-corrected chi connectivity index (χ2v) is 3.03. The molecule has 62 valence electrons. The maximum Gasteiger partial charge on any atom is 0.247 e. The highest BCUT2D eigenvalue weighted by Crippen LogP contribution is 2.20. The molecule has 0 saturated heterocycles. The van der Waals surface area contributed by atoms with Gasteiger partial charge in [0.25, 0.3) is 0 Å². The van der Waals surface area contributed by atoms with Gasteiger partial charge in [-0.1, -0.05) is 18.7 Å². The Kier molecular flexibility index (Phi) is 3.05. The van der Waals surface area contributed by atoms with Crippen molar-refractivity contribution in [3.63, 3.8) is 0 Å². The molecule has 0 heterocycles. The summed E-state index contributed by atoms with van der Waals surface area (Å²) >= 11 is 3.30. The van der Waals surface area contributed by atoms with Gasteiger partial charge in [-0.15, -0.1) is 0 Å². The molecule has 1 amide bonds. The van der Waals surface area contributed by atoms with Gasteiger partial charge in [0, 0.05) is 4.47 Å². The Hall–Kier alpha value is -1.09. The number of carbonyl (C=O) groups excluding carboxylic acids is 1. The first-order chi connectivity index (χ1) is 5.74. The summed E-state index contributed by atoms with van der Waals surface area (Å²) in [6.07, 6.45) is 1.24. The van der Waals surface area contributed by atoms with E-state index in [1.807, 2.05) is 24.3 Å². The molecule has 1 rings (SSSR count). The summed E-state index contributed by atoms with van der Waals surface area (Å²) in [5.41, 5.74) is 0.752. The van der Waals surface area contributed by atoms with Crippen molar-refractivity contribution in [1.82, 2.24) is 0 Å². The molecule has 2 nitrogen and oxygen atoms in total. The fourth-order valence-corrected chi connectivity index (χ4v) is 1.13. The van der Waals surface area contributed by atoms with Crippen LogP contribution in [-0.4, -0.2) is 5.91 Å². The van der Waals surface area contributed by atoms with Crippen molar-refractivity contribution in [3.05, 3.63) is 41.4 Å². The molecule has 0 bridgehead atoms. The fourth-order valence-electron chi connectivity index (χ4n) is 0.746. The molecule has 0 radical (unpaired) electrons. The van der Waals surface area contributed by atoms with Crippen LogP contribution in [0.1, 0.15) is 0 Å². The van der Waals surface area contributed by atoms with Crippen LogP contribution in [0.5, 0.6) is 0 Å². The third-order valence-corrected chi connectivity index (χ3v) is 2.01. The molecular weight excluding hydrogens is 218 g/mol. The van der Waals surface area contributed by atoms with Crippen molar-refractivity contribution in [2.24, 2.45) is 0 Å². The number of hydrogen-bond acceptors (Lipinski definition) is 1. The van der Waals surface area contributed by atoms with Crippen LogP contribution in [0.3, 0.4) is 0 Å². The van der Waals surface area contributed by atoms with Crippen LogP contribution in [0.25, 0.3) is 0 Å². The molecule has 3 heteroatoms. The van der Waals surface area contributed by atoms with Crippen molar-refractivity contribution < 1.29 is 4.79 Å². The zero-order valence-electron chi connectivity index (χ0n) is 6.38. The number of hydrogen-bond donors (Lipinski definition) is 1. The SMILES string of the molecule is C=CC(=O)Nc1ccccc1Br. The highest BCUT2D eigenvalue weighted by molar-refractivity contribution is 9.10. The standard InChI is InChI=1S/C9H8BrNO/c1-2-9(12)11-8-6-4-3-5-7(8)10/h2-6H,1H2,(H,11,12). The summed E-state index contributed by atoms with van der Waals surface area (Å²) in [4.78, 5) is 10.9. The Balaban J connectivity index is 2.82. The monoisotopic (exact) mass is 225 g/mol. The molecule has 0 aliphatic heterocycles. The van der Waals surface area contributed by atoms with Crippen LogP contribution in [-0.2, 0) is 4.79 Å². The van der Waals surface area contributed by atoms with Gasteiger partial charge in [-0.3, -0.25) is 4.79 Å². The second-order valence-electron chi connectivity index (χ2n) is 2.17. The fraction of sp³-hybridized carbons (Fsp3) is 0. The van der Waals surface area contributed by atoms with Crippen LogP contribution in [0.2, 0.25) is 0 Å². The predicted molar refractivity (Wildman–Crippen MR) is 53.0 cm³/mol. The predicted octanol–water partition coefficient (Wildman–Crippen LogP) is 2.57. The van der Waals surface area contributed by atoms with Crippen LogP contribution in [0.15, 0.2) is 41.4 Å². The lowest BCUT2D eigenvalue weighted by Gasteiger charge is -2.03. The van der Waals surface area contributed by atoms with Gasteiger partial charge in [-0.25, -0.2) is 0 Å². The number of amides is 1. The summed E-state index contributed by atoms with van der Waals surface area (Å²) < 4.78 is 0.861. The Morgan fingerprint density at radius 2 is 2.17 bits per heavy atom. The van der Waals surface area contributed by atoms with Gasteiger partial charge in [0.05, 0.1) is 5.69 Å². The molecule has 0 atom stereocenters. The van der Waals surface area contributed by atoms with Gasteiger partial charge >= 0.3 is 0 Å². The van der Waals surface area contributed by atoms with Crippen molar-refractivity contribution in [2.45, 2.75) is 0 Å². The van der Waals surface area contributed by atoms with E-state index in [-0.39, 0.29) is 5.91 Å². The molecule has 0 aromatic heterocycles. The number of para-hydroxylation sites is 1. The average Bonchev–Trinajstić information content (AvgIpc) is 2.09. The summed E-state index contributed by atoms with van der Waals surface area (Å²) in [5.74, 6) is -0.207. The van der Waals surface area contributed by atoms with E-state index in [0.717, 1.165) is 10.2 Å². The molecule has 12 heavy (non-hydrogen) atoms. The first-order valence-electron chi connectivity index (χ1n) is 3.42. The van der Waals surface area contributed by atoms with Crippen LogP contribution >= 0.6 is 15.9 Å². The zero-order chi connectivity index (χ0) is 8.97. The third-order valence-electron chi connectivity index (χ3n) is 1.32. The molecule has 1 aromatic rings. The van der Waals surface area contributed by atoms with Crippen molar-refractivity contribution in [3.8, 4) is 0 Å². The number of nitrogens with one attached hydrogen (secondary N) is 1. The molecule has 1 N–H and O–H groups in total. The lowest BCUT2D eigenvalue weighted by atomic mass is 10.3. The topological polar surface area (TPSA) is 29.1 Å². The molecule has 0 aliphatic rings. The van der Waals surface area contributed by atoms with E-state index in [1.54, 1.807) is 0 Å². The Morgan fingerprint density at radius 3 is 2.75 bits per heavy atom. The first kappa shape index (κ1) is 9.00. The normalized spacial score (nSPS) is 9.08. The molecule has 0 saturated carbocycles. The number of anilines is 1. The van der Waals surface area contributed by atoms with E-state index in [1.165, 1.54) is 6.08 Å². The summed E-state index contributed by atoms with van der Waals surface area (Å²) in [5, 5.41) is 2.66. The van der Waals surface area contributed by atoms with Gasteiger partial charge in [-0.05, 0) is 34.1 Å². The first-order valence-corrected chi connectivity index (χ1v) is 4.21.